The number of aromatic nitrogens is 1. The fourth-order valence-electron chi connectivity index (χ4n) is 2.44. The number of amides is 1. The van der Waals surface area contributed by atoms with Gasteiger partial charge in [-0.05, 0) is 32.8 Å². The molecule has 1 amide bonds. The van der Waals surface area contributed by atoms with E-state index in [1.165, 1.54) is 10.4 Å². The molecule has 8 heteroatoms. The number of hydrogen-bond donors (Lipinski definition) is 3. The molecule has 0 saturated carbocycles. The van der Waals surface area contributed by atoms with Crippen LogP contribution < -0.4 is 16.0 Å². The van der Waals surface area contributed by atoms with Crippen LogP contribution in [0.2, 0.25) is 0 Å². The Bertz CT molecular complexity index is 733. The molecule has 3 N–H and O–H groups in total. The number of thiazole rings is 1. The number of carbonyl (C=O) groups is 1. The van der Waals surface area contributed by atoms with Crippen LogP contribution in [-0.2, 0) is 17.8 Å². The number of carbonyl (C=O) groups excluding carboxylic acids is 1. The number of benzene rings is 1. The zero-order valence-electron chi connectivity index (χ0n) is 16.0. The van der Waals surface area contributed by atoms with Gasteiger partial charge in [-0.2, -0.15) is 0 Å². The molecule has 0 saturated heterocycles. The van der Waals surface area contributed by atoms with E-state index in [0.717, 1.165) is 23.7 Å². The van der Waals surface area contributed by atoms with E-state index < -0.39 is 0 Å². The van der Waals surface area contributed by atoms with Crippen LogP contribution in [0.25, 0.3) is 0 Å². The summed E-state index contributed by atoms with van der Waals surface area (Å²) in [7, 11) is 0. The minimum Gasteiger partial charge on any atom is -0.357 e. The van der Waals surface area contributed by atoms with E-state index in [1.807, 2.05) is 39.0 Å². The summed E-state index contributed by atoms with van der Waals surface area (Å²) in [6.45, 7) is 8.11. The van der Waals surface area contributed by atoms with Crippen molar-refractivity contribution in [3.63, 3.8) is 0 Å². The van der Waals surface area contributed by atoms with Crippen molar-refractivity contribution in [3.8, 4) is 0 Å². The van der Waals surface area contributed by atoms with E-state index >= 15 is 0 Å². The Balaban J connectivity index is 0.00000364. The summed E-state index contributed by atoms with van der Waals surface area (Å²) in [5, 5.41) is 10.4. The summed E-state index contributed by atoms with van der Waals surface area (Å²) in [4.78, 5) is 22.0. The molecule has 0 aliphatic heterocycles. The Kier molecular flexibility index (Phi) is 11.0. The first-order chi connectivity index (χ1) is 12.6. The summed E-state index contributed by atoms with van der Waals surface area (Å²) in [5.41, 5.74) is 2.25. The maximum atomic E-state index is 12.0. The molecule has 148 valence electrons. The van der Waals surface area contributed by atoms with Crippen molar-refractivity contribution in [1.29, 1.82) is 0 Å². The molecular weight excluding hydrogens is 473 g/mol. The van der Waals surface area contributed by atoms with Crippen molar-refractivity contribution in [3.05, 3.63) is 51.5 Å². The molecule has 0 bridgehead atoms. The second-order valence-corrected chi connectivity index (χ2v) is 7.16. The normalized spacial score (nSPS) is 10.9. The van der Waals surface area contributed by atoms with Crippen LogP contribution in [0.15, 0.2) is 35.3 Å². The number of halogens is 1. The van der Waals surface area contributed by atoms with E-state index in [1.54, 1.807) is 11.3 Å². The number of nitrogens with one attached hydrogen (secondary N) is 3. The minimum absolute atomic E-state index is 0. The first-order valence-corrected chi connectivity index (χ1v) is 9.66. The Morgan fingerprint density at radius 2 is 1.89 bits per heavy atom. The summed E-state index contributed by atoms with van der Waals surface area (Å²) < 4.78 is 0. The van der Waals surface area contributed by atoms with Gasteiger partial charge in [0.05, 0.1) is 17.2 Å². The predicted octanol–water partition coefficient (Wildman–Crippen LogP) is 2.79. The van der Waals surface area contributed by atoms with Gasteiger partial charge < -0.3 is 16.0 Å². The lowest BCUT2D eigenvalue weighted by molar-refractivity contribution is -0.119. The number of guanidine groups is 1. The summed E-state index contributed by atoms with van der Waals surface area (Å²) in [5.74, 6) is 0.555. The highest BCUT2D eigenvalue weighted by atomic mass is 127. The van der Waals surface area contributed by atoms with Gasteiger partial charge in [-0.25, -0.2) is 9.98 Å². The molecular formula is C19H28IN5OS. The van der Waals surface area contributed by atoms with Crippen molar-refractivity contribution < 1.29 is 4.79 Å². The van der Waals surface area contributed by atoms with Crippen LogP contribution in [0.5, 0.6) is 0 Å². The van der Waals surface area contributed by atoms with Gasteiger partial charge in [0.1, 0.15) is 6.54 Å². The lowest BCUT2D eigenvalue weighted by atomic mass is 10.1. The van der Waals surface area contributed by atoms with Crippen molar-refractivity contribution in [2.24, 2.45) is 4.99 Å². The lowest BCUT2D eigenvalue weighted by Crippen LogP contribution is -2.38. The average Bonchev–Trinajstić information content (AvgIpc) is 2.95. The molecule has 1 heterocycles. The third kappa shape index (κ3) is 8.70. The SMILES string of the molecule is CCNC(=NCC(=O)NCCc1ccccc1)NCc1sc(C)nc1C.I. The van der Waals surface area contributed by atoms with Gasteiger partial charge >= 0.3 is 0 Å². The van der Waals surface area contributed by atoms with Crippen LogP contribution in [0.1, 0.15) is 28.1 Å². The third-order valence-electron chi connectivity index (χ3n) is 3.72. The molecule has 6 nitrogen and oxygen atoms in total. The molecule has 1 aromatic carbocycles. The van der Waals surface area contributed by atoms with Gasteiger partial charge in [0, 0.05) is 18.0 Å². The van der Waals surface area contributed by atoms with Gasteiger partial charge in [0.25, 0.3) is 0 Å². The molecule has 2 aromatic rings. The quantitative estimate of drug-likeness (QED) is 0.296. The van der Waals surface area contributed by atoms with Crippen molar-refractivity contribution in [2.75, 3.05) is 19.6 Å². The number of nitrogens with zero attached hydrogens (tertiary/aromatic N) is 2. The van der Waals surface area contributed by atoms with Crippen molar-refractivity contribution in [1.82, 2.24) is 20.9 Å². The number of aliphatic imine (C=N–C) groups is 1. The molecule has 0 spiro atoms. The second kappa shape index (κ2) is 12.7. The highest BCUT2D eigenvalue weighted by molar-refractivity contribution is 14.0. The highest BCUT2D eigenvalue weighted by Gasteiger charge is 2.06. The Morgan fingerprint density at radius 1 is 1.15 bits per heavy atom. The zero-order chi connectivity index (χ0) is 18.8. The van der Waals surface area contributed by atoms with Crippen molar-refractivity contribution >= 4 is 47.2 Å². The summed E-state index contributed by atoms with van der Waals surface area (Å²) in [6.07, 6.45) is 0.818. The van der Waals surface area contributed by atoms with Gasteiger partial charge in [0.15, 0.2) is 5.96 Å². The molecule has 0 aliphatic rings. The maximum Gasteiger partial charge on any atom is 0.241 e. The van der Waals surface area contributed by atoms with Crippen LogP contribution in [0.3, 0.4) is 0 Å². The first-order valence-electron chi connectivity index (χ1n) is 8.84. The van der Waals surface area contributed by atoms with Gasteiger partial charge in [0.2, 0.25) is 5.91 Å². The van der Waals surface area contributed by atoms with E-state index in [9.17, 15) is 4.79 Å². The monoisotopic (exact) mass is 501 g/mol. The van der Waals surface area contributed by atoms with E-state index in [-0.39, 0.29) is 36.4 Å². The fourth-order valence-corrected chi connectivity index (χ4v) is 3.32. The van der Waals surface area contributed by atoms with E-state index in [2.05, 4.69) is 38.1 Å². The minimum atomic E-state index is -0.0806. The maximum absolute atomic E-state index is 12.0. The topological polar surface area (TPSA) is 78.4 Å². The van der Waals surface area contributed by atoms with Crippen LogP contribution in [-0.4, -0.2) is 36.5 Å². The zero-order valence-corrected chi connectivity index (χ0v) is 19.2. The molecule has 27 heavy (non-hydrogen) atoms. The van der Waals surface area contributed by atoms with Crippen LogP contribution in [0.4, 0.5) is 0 Å². The fraction of sp³-hybridized carbons (Fsp3) is 0.421. The van der Waals surface area contributed by atoms with Gasteiger partial charge in [-0.1, -0.05) is 30.3 Å². The summed E-state index contributed by atoms with van der Waals surface area (Å²) in [6, 6.07) is 10.1. The molecule has 1 aromatic heterocycles. The standard InChI is InChI=1S/C19H27N5OS.HI/c1-4-20-19(22-12-17-14(2)24-15(3)26-17)23-13-18(25)21-11-10-16-8-6-5-7-9-16;/h5-9H,4,10-13H2,1-3H3,(H,21,25)(H2,20,22,23);1H. The molecule has 0 aliphatic carbocycles. The predicted molar refractivity (Wildman–Crippen MR) is 123 cm³/mol. The van der Waals surface area contributed by atoms with E-state index in [0.29, 0.717) is 19.0 Å². The number of rotatable bonds is 8. The average molecular weight is 501 g/mol. The molecule has 0 radical (unpaired) electrons. The van der Waals surface area contributed by atoms with Crippen LogP contribution in [0, 0.1) is 13.8 Å². The van der Waals surface area contributed by atoms with Gasteiger partial charge in [-0.3, -0.25) is 4.79 Å². The van der Waals surface area contributed by atoms with E-state index in [4.69, 9.17) is 0 Å². The number of aryl methyl sites for hydroxylation is 2. The Labute approximate surface area is 182 Å². The Hall–Kier alpha value is -1.68. The molecule has 0 fully saturated rings. The Morgan fingerprint density at radius 3 is 2.52 bits per heavy atom. The van der Waals surface area contributed by atoms with Crippen LogP contribution >= 0.6 is 35.3 Å². The second-order valence-electron chi connectivity index (χ2n) is 5.88. The number of hydrogen-bond acceptors (Lipinski definition) is 4. The largest absolute Gasteiger partial charge is 0.357 e. The molecule has 0 unspecified atom stereocenters. The van der Waals surface area contributed by atoms with Crippen molar-refractivity contribution in [2.45, 2.75) is 33.7 Å². The molecule has 2 rings (SSSR count). The first kappa shape index (κ1) is 23.4. The highest BCUT2D eigenvalue weighted by Crippen LogP contribution is 2.16. The summed E-state index contributed by atoms with van der Waals surface area (Å²) >= 11 is 1.67. The smallest absolute Gasteiger partial charge is 0.241 e. The van der Waals surface area contributed by atoms with Gasteiger partial charge in [-0.15, -0.1) is 35.3 Å². The molecule has 0 atom stereocenters. The third-order valence-corrected chi connectivity index (χ3v) is 4.79. The lowest BCUT2D eigenvalue weighted by Gasteiger charge is -2.11.